The van der Waals surface area contributed by atoms with Crippen molar-refractivity contribution in [1.82, 2.24) is 19.7 Å². The number of nitrogens with zero attached hydrogens (tertiary/aromatic N) is 4. The predicted octanol–water partition coefficient (Wildman–Crippen LogP) is 3.30. The second kappa shape index (κ2) is 9.02. The SMILES string of the molecule is CNc1cc(-c2cccc(CCCCN)n2)cc2c1cnn2-c1cccc(CO)n1. The molecule has 0 amide bonds. The first-order chi connectivity index (χ1) is 14.7. The summed E-state index contributed by atoms with van der Waals surface area (Å²) in [6.45, 7) is 0.596. The van der Waals surface area contributed by atoms with E-state index in [1.165, 1.54) is 0 Å². The summed E-state index contributed by atoms with van der Waals surface area (Å²) in [5.41, 5.74) is 11.1. The average molecular weight is 403 g/mol. The summed E-state index contributed by atoms with van der Waals surface area (Å²) in [6, 6.07) is 15.9. The highest BCUT2D eigenvalue weighted by atomic mass is 16.3. The van der Waals surface area contributed by atoms with Crippen LogP contribution >= 0.6 is 0 Å². The van der Waals surface area contributed by atoms with Crippen molar-refractivity contribution < 1.29 is 5.11 Å². The molecule has 0 spiro atoms. The molecule has 30 heavy (non-hydrogen) atoms. The van der Waals surface area contributed by atoms with Gasteiger partial charge in [-0.05, 0) is 62.2 Å². The van der Waals surface area contributed by atoms with E-state index in [1.807, 2.05) is 37.5 Å². The minimum absolute atomic E-state index is 0.110. The van der Waals surface area contributed by atoms with E-state index < -0.39 is 0 Å². The Kier molecular flexibility index (Phi) is 6.02. The first-order valence-corrected chi connectivity index (χ1v) is 10.2. The van der Waals surface area contributed by atoms with Crippen molar-refractivity contribution >= 4 is 16.6 Å². The van der Waals surface area contributed by atoms with Gasteiger partial charge in [0.15, 0.2) is 5.82 Å². The van der Waals surface area contributed by atoms with Crippen LogP contribution < -0.4 is 11.1 Å². The highest BCUT2D eigenvalue weighted by Crippen LogP contribution is 2.31. The Bertz CT molecular complexity index is 1150. The molecular formula is C23H26N6O. The van der Waals surface area contributed by atoms with Gasteiger partial charge in [0.2, 0.25) is 0 Å². The maximum Gasteiger partial charge on any atom is 0.154 e. The van der Waals surface area contributed by atoms with Gasteiger partial charge in [0.1, 0.15) is 0 Å². The molecule has 0 saturated carbocycles. The Morgan fingerprint density at radius 2 is 1.87 bits per heavy atom. The van der Waals surface area contributed by atoms with E-state index in [9.17, 15) is 5.11 Å². The Morgan fingerprint density at radius 1 is 1.03 bits per heavy atom. The molecule has 3 aromatic heterocycles. The third-order valence-corrected chi connectivity index (χ3v) is 5.12. The van der Waals surface area contributed by atoms with E-state index in [-0.39, 0.29) is 6.61 Å². The highest BCUT2D eigenvalue weighted by Gasteiger charge is 2.13. The number of nitrogens with one attached hydrogen (secondary N) is 1. The number of hydrogen-bond donors (Lipinski definition) is 3. The number of anilines is 1. The molecule has 0 aliphatic carbocycles. The first-order valence-electron chi connectivity index (χ1n) is 10.2. The summed E-state index contributed by atoms with van der Waals surface area (Å²) in [4.78, 5) is 9.37. The molecule has 7 nitrogen and oxygen atoms in total. The summed E-state index contributed by atoms with van der Waals surface area (Å²) < 4.78 is 1.80. The van der Waals surface area contributed by atoms with Crippen molar-refractivity contribution in [3.63, 3.8) is 0 Å². The molecule has 4 N–H and O–H groups in total. The molecule has 0 aliphatic rings. The van der Waals surface area contributed by atoms with Gasteiger partial charge in [-0.2, -0.15) is 5.10 Å². The normalized spacial score (nSPS) is 11.2. The van der Waals surface area contributed by atoms with Crippen molar-refractivity contribution in [2.24, 2.45) is 5.73 Å². The number of aryl methyl sites for hydroxylation is 1. The van der Waals surface area contributed by atoms with E-state index in [1.54, 1.807) is 10.7 Å². The minimum atomic E-state index is -0.110. The molecule has 0 saturated heterocycles. The molecule has 1 aromatic carbocycles. The maximum absolute atomic E-state index is 9.43. The van der Waals surface area contributed by atoms with Crippen LogP contribution in [0.1, 0.15) is 24.2 Å². The summed E-state index contributed by atoms with van der Waals surface area (Å²) in [5.74, 6) is 0.666. The molecule has 3 heterocycles. The molecule has 4 rings (SSSR count). The van der Waals surface area contributed by atoms with E-state index >= 15 is 0 Å². The summed E-state index contributed by atoms with van der Waals surface area (Å²) in [5, 5.41) is 18.3. The van der Waals surface area contributed by atoms with Crippen LogP contribution in [0.4, 0.5) is 5.69 Å². The van der Waals surface area contributed by atoms with Gasteiger partial charge >= 0.3 is 0 Å². The van der Waals surface area contributed by atoms with Gasteiger partial charge in [-0.3, -0.25) is 4.98 Å². The fourth-order valence-corrected chi connectivity index (χ4v) is 3.57. The molecule has 0 bridgehead atoms. The second-order valence-electron chi connectivity index (χ2n) is 7.17. The van der Waals surface area contributed by atoms with Crippen LogP contribution in [0, 0.1) is 0 Å². The van der Waals surface area contributed by atoms with Crippen molar-refractivity contribution in [2.75, 3.05) is 18.9 Å². The number of aromatic nitrogens is 4. The van der Waals surface area contributed by atoms with E-state index in [2.05, 4.69) is 33.6 Å². The second-order valence-corrected chi connectivity index (χ2v) is 7.17. The molecular weight excluding hydrogens is 376 g/mol. The van der Waals surface area contributed by atoms with Crippen LogP contribution in [-0.2, 0) is 13.0 Å². The minimum Gasteiger partial charge on any atom is -0.390 e. The molecule has 154 valence electrons. The molecule has 0 fully saturated rings. The molecule has 4 aromatic rings. The van der Waals surface area contributed by atoms with E-state index in [4.69, 9.17) is 10.7 Å². The van der Waals surface area contributed by atoms with Crippen LogP contribution in [0.3, 0.4) is 0 Å². The van der Waals surface area contributed by atoms with Crippen LogP contribution in [0.2, 0.25) is 0 Å². The van der Waals surface area contributed by atoms with Crippen molar-refractivity contribution in [3.8, 4) is 17.1 Å². The van der Waals surface area contributed by atoms with Crippen molar-refractivity contribution in [3.05, 3.63) is 66.1 Å². The maximum atomic E-state index is 9.43. The Hall–Kier alpha value is -3.29. The monoisotopic (exact) mass is 402 g/mol. The fraction of sp³-hybridized carbons (Fsp3) is 0.261. The largest absolute Gasteiger partial charge is 0.390 e. The smallest absolute Gasteiger partial charge is 0.154 e. The summed E-state index contributed by atoms with van der Waals surface area (Å²) >= 11 is 0. The zero-order valence-electron chi connectivity index (χ0n) is 17.0. The van der Waals surface area contributed by atoms with Crippen molar-refractivity contribution in [1.29, 1.82) is 0 Å². The van der Waals surface area contributed by atoms with Gasteiger partial charge in [-0.15, -0.1) is 0 Å². The van der Waals surface area contributed by atoms with Gasteiger partial charge in [-0.25, -0.2) is 9.67 Å². The lowest BCUT2D eigenvalue weighted by atomic mass is 10.1. The Labute approximate surface area is 175 Å². The molecule has 0 atom stereocenters. The molecule has 7 heteroatoms. The average Bonchev–Trinajstić information content (AvgIpc) is 3.23. The number of unbranched alkanes of at least 4 members (excludes halogenated alkanes) is 1. The standard InChI is InChI=1S/C23H26N6O/c1-25-21-12-16(20-9-4-7-17(27-20)6-2-3-11-24)13-22-19(21)14-26-29(22)23-10-5-8-18(15-30)28-23/h4-5,7-10,12-14,25,30H,2-3,6,11,15,24H2,1H3. The lowest BCUT2D eigenvalue weighted by molar-refractivity contribution is 0.276. The van der Waals surface area contributed by atoms with Crippen LogP contribution in [0.25, 0.3) is 28.0 Å². The number of hydrogen-bond acceptors (Lipinski definition) is 6. The summed E-state index contributed by atoms with van der Waals surface area (Å²) in [7, 11) is 1.90. The number of rotatable bonds is 8. The summed E-state index contributed by atoms with van der Waals surface area (Å²) in [6.07, 6.45) is 4.78. The quantitative estimate of drug-likeness (QED) is 0.391. The zero-order valence-corrected chi connectivity index (χ0v) is 17.0. The number of aliphatic hydroxyl groups excluding tert-OH is 1. The van der Waals surface area contributed by atoms with Crippen LogP contribution in [-0.4, -0.2) is 38.4 Å². The molecule has 0 unspecified atom stereocenters. The third-order valence-electron chi connectivity index (χ3n) is 5.12. The van der Waals surface area contributed by atoms with Gasteiger partial charge in [0.25, 0.3) is 0 Å². The van der Waals surface area contributed by atoms with Crippen molar-refractivity contribution in [2.45, 2.75) is 25.9 Å². The topological polar surface area (TPSA) is 102 Å². The van der Waals surface area contributed by atoms with Crippen LogP contribution in [0.15, 0.2) is 54.7 Å². The number of aliphatic hydroxyl groups is 1. The Balaban J connectivity index is 1.79. The molecule has 0 radical (unpaired) electrons. The number of fused-ring (bicyclic) bond motifs is 1. The lowest BCUT2D eigenvalue weighted by Gasteiger charge is -2.10. The van der Waals surface area contributed by atoms with E-state index in [0.717, 1.165) is 52.8 Å². The van der Waals surface area contributed by atoms with Gasteiger partial charge in [0, 0.05) is 29.4 Å². The fourth-order valence-electron chi connectivity index (χ4n) is 3.57. The zero-order chi connectivity index (χ0) is 20.9. The van der Waals surface area contributed by atoms with E-state index in [0.29, 0.717) is 18.1 Å². The molecule has 0 aliphatic heterocycles. The lowest BCUT2D eigenvalue weighted by Crippen LogP contribution is -2.02. The van der Waals surface area contributed by atoms with Gasteiger partial charge in [0.05, 0.1) is 29.7 Å². The van der Waals surface area contributed by atoms with Gasteiger partial charge in [-0.1, -0.05) is 12.1 Å². The highest BCUT2D eigenvalue weighted by molar-refractivity contribution is 5.96. The predicted molar refractivity (Wildman–Crippen MR) is 120 cm³/mol. The number of nitrogens with two attached hydrogens (primary N) is 1. The third kappa shape index (κ3) is 4.03. The number of pyridine rings is 2. The first kappa shape index (κ1) is 20.0. The number of benzene rings is 1. The van der Waals surface area contributed by atoms with Crippen LogP contribution in [0.5, 0.6) is 0 Å². The van der Waals surface area contributed by atoms with Gasteiger partial charge < -0.3 is 16.2 Å². The Morgan fingerprint density at radius 3 is 2.67 bits per heavy atom.